The van der Waals surface area contributed by atoms with Crippen molar-refractivity contribution >= 4 is 5.69 Å². The van der Waals surface area contributed by atoms with E-state index in [4.69, 9.17) is 14.7 Å². The summed E-state index contributed by atoms with van der Waals surface area (Å²) in [4.78, 5) is 0. The molecular weight excluding hydrogens is 228 g/mol. The molecule has 1 aromatic rings. The first-order valence-electron chi connectivity index (χ1n) is 6.23. The molecule has 0 atom stereocenters. The highest BCUT2D eigenvalue weighted by Crippen LogP contribution is 2.29. The molecule has 0 bridgehead atoms. The third kappa shape index (κ3) is 2.74. The van der Waals surface area contributed by atoms with Gasteiger partial charge in [-0.3, -0.25) is 0 Å². The Morgan fingerprint density at radius 3 is 2.83 bits per heavy atom. The molecule has 4 nitrogen and oxygen atoms in total. The van der Waals surface area contributed by atoms with E-state index in [1.165, 1.54) is 0 Å². The number of nitrogens with one attached hydrogen (secondary N) is 1. The minimum absolute atomic E-state index is 0.364. The topological polar surface area (TPSA) is 54.3 Å². The van der Waals surface area contributed by atoms with Gasteiger partial charge in [-0.05, 0) is 31.9 Å². The normalized spacial score (nSPS) is 21.8. The molecule has 0 spiro atoms. The molecule has 0 heterocycles. The van der Waals surface area contributed by atoms with Crippen LogP contribution in [0.3, 0.4) is 0 Å². The summed E-state index contributed by atoms with van der Waals surface area (Å²) >= 11 is 0. The maximum absolute atomic E-state index is 9.07. The molecule has 0 saturated heterocycles. The Hall–Kier alpha value is -1.73. The molecular formula is C14H18N2O2. The Kier molecular flexibility index (Phi) is 4.06. The molecule has 96 valence electrons. The highest BCUT2D eigenvalue weighted by molar-refractivity contribution is 5.61. The summed E-state index contributed by atoms with van der Waals surface area (Å²) in [5, 5.41) is 12.4. The highest BCUT2D eigenvalue weighted by Gasteiger charge is 2.29. The lowest BCUT2D eigenvalue weighted by molar-refractivity contribution is 0.00299. The van der Waals surface area contributed by atoms with Crippen molar-refractivity contribution in [3.63, 3.8) is 0 Å². The van der Waals surface area contributed by atoms with Crippen LogP contribution in [0.1, 0.15) is 25.3 Å². The minimum atomic E-state index is 0.364. The zero-order valence-corrected chi connectivity index (χ0v) is 10.8. The van der Waals surface area contributed by atoms with Crippen LogP contribution in [0.2, 0.25) is 0 Å². The quantitative estimate of drug-likeness (QED) is 0.867. The number of nitrogens with zero attached hydrogens (tertiary/aromatic N) is 1. The van der Waals surface area contributed by atoms with Crippen molar-refractivity contribution in [3.8, 4) is 11.8 Å². The number of methoxy groups -OCH3 is 1. The van der Waals surface area contributed by atoms with Gasteiger partial charge in [0, 0.05) is 18.7 Å². The lowest BCUT2D eigenvalue weighted by atomic mass is 9.89. The zero-order chi connectivity index (χ0) is 13.0. The Balaban J connectivity index is 1.99. The minimum Gasteiger partial charge on any atom is -0.497 e. The Labute approximate surface area is 108 Å². The van der Waals surface area contributed by atoms with E-state index in [9.17, 15) is 0 Å². The molecule has 0 unspecified atom stereocenters. The van der Waals surface area contributed by atoms with Crippen molar-refractivity contribution in [2.45, 2.75) is 31.9 Å². The molecule has 1 aromatic carbocycles. The predicted molar refractivity (Wildman–Crippen MR) is 69.8 cm³/mol. The van der Waals surface area contributed by atoms with Crippen LogP contribution in [0, 0.1) is 11.3 Å². The standard InChI is InChI=1S/C14H18N2O2/c1-3-18-13-6-11(7-13)16-14-8-12(17-2)5-4-10(14)9-15/h4-5,8,11,13,16H,3,6-7H2,1-2H3. The number of anilines is 1. The van der Waals surface area contributed by atoms with Gasteiger partial charge in [0.15, 0.2) is 0 Å². The van der Waals surface area contributed by atoms with Gasteiger partial charge >= 0.3 is 0 Å². The Morgan fingerprint density at radius 2 is 2.22 bits per heavy atom. The molecule has 0 aromatic heterocycles. The smallest absolute Gasteiger partial charge is 0.121 e. The first-order valence-corrected chi connectivity index (χ1v) is 6.23. The van der Waals surface area contributed by atoms with E-state index in [1.54, 1.807) is 19.2 Å². The highest BCUT2D eigenvalue weighted by atomic mass is 16.5. The fourth-order valence-electron chi connectivity index (χ4n) is 2.14. The molecule has 1 N–H and O–H groups in total. The largest absolute Gasteiger partial charge is 0.497 e. The number of nitriles is 1. The summed E-state index contributed by atoms with van der Waals surface area (Å²) in [7, 11) is 1.62. The summed E-state index contributed by atoms with van der Waals surface area (Å²) in [6.07, 6.45) is 2.36. The van der Waals surface area contributed by atoms with E-state index in [-0.39, 0.29) is 0 Å². The van der Waals surface area contributed by atoms with E-state index >= 15 is 0 Å². The first kappa shape index (κ1) is 12.7. The number of benzene rings is 1. The van der Waals surface area contributed by atoms with Crippen LogP contribution >= 0.6 is 0 Å². The molecule has 4 heteroatoms. The summed E-state index contributed by atoms with van der Waals surface area (Å²) in [5.74, 6) is 0.761. The molecule has 1 fully saturated rings. The van der Waals surface area contributed by atoms with E-state index in [0.29, 0.717) is 17.7 Å². The summed E-state index contributed by atoms with van der Waals surface area (Å²) < 4.78 is 10.7. The average Bonchev–Trinajstić information content (AvgIpc) is 2.36. The monoisotopic (exact) mass is 246 g/mol. The van der Waals surface area contributed by atoms with Crippen molar-refractivity contribution < 1.29 is 9.47 Å². The van der Waals surface area contributed by atoms with Gasteiger partial charge in [0.05, 0.1) is 24.5 Å². The van der Waals surface area contributed by atoms with Crippen LogP contribution in [0.4, 0.5) is 5.69 Å². The van der Waals surface area contributed by atoms with Gasteiger partial charge in [0.2, 0.25) is 0 Å². The zero-order valence-electron chi connectivity index (χ0n) is 10.8. The van der Waals surface area contributed by atoms with Crippen LogP contribution < -0.4 is 10.1 Å². The van der Waals surface area contributed by atoms with Crippen molar-refractivity contribution in [2.24, 2.45) is 0 Å². The molecule has 0 radical (unpaired) electrons. The van der Waals surface area contributed by atoms with Crippen LogP contribution in [0.5, 0.6) is 5.75 Å². The summed E-state index contributed by atoms with van der Waals surface area (Å²) in [6.45, 7) is 2.77. The molecule has 1 aliphatic carbocycles. The van der Waals surface area contributed by atoms with Gasteiger partial charge in [-0.2, -0.15) is 5.26 Å². The van der Waals surface area contributed by atoms with Gasteiger partial charge in [0.1, 0.15) is 11.8 Å². The van der Waals surface area contributed by atoms with Gasteiger partial charge in [0.25, 0.3) is 0 Å². The van der Waals surface area contributed by atoms with Crippen LogP contribution in [0.15, 0.2) is 18.2 Å². The van der Waals surface area contributed by atoms with E-state index < -0.39 is 0 Å². The maximum Gasteiger partial charge on any atom is 0.121 e. The lowest BCUT2D eigenvalue weighted by Crippen LogP contribution is -2.40. The molecule has 0 aliphatic heterocycles. The van der Waals surface area contributed by atoms with E-state index in [2.05, 4.69) is 11.4 Å². The van der Waals surface area contributed by atoms with Crippen molar-refractivity contribution in [1.82, 2.24) is 0 Å². The molecule has 0 amide bonds. The molecule has 1 saturated carbocycles. The molecule has 18 heavy (non-hydrogen) atoms. The first-order chi connectivity index (χ1) is 8.76. The fourth-order valence-corrected chi connectivity index (χ4v) is 2.14. The number of rotatable bonds is 5. The van der Waals surface area contributed by atoms with Crippen LogP contribution in [-0.2, 0) is 4.74 Å². The number of hydrogen-bond acceptors (Lipinski definition) is 4. The lowest BCUT2D eigenvalue weighted by Gasteiger charge is -2.36. The molecule has 2 rings (SSSR count). The van der Waals surface area contributed by atoms with E-state index in [1.807, 2.05) is 13.0 Å². The Morgan fingerprint density at radius 1 is 1.44 bits per heavy atom. The fraction of sp³-hybridized carbons (Fsp3) is 0.500. The number of ether oxygens (including phenoxy) is 2. The van der Waals surface area contributed by atoms with E-state index in [0.717, 1.165) is 30.9 Å². The summed E-state index contributed by atoms with van der Waals surface area (Å²) in [6, 6.07) is 8.02. The maximum atomic E-state index is 9.07. The second-order valence-electron chi connectivity index (χ2n) is 4.41. The Bertz CT molecular complexity index is 448. The average molecular weight is 246 g/mol. The molecule has 1 aliphatic rings. The SMILES string of the molecule is CCOC1CC(Nc2cc(OC)ccc2C#N)C1. The number of hydrogen-bond donors (Lipinski definition) is 1. The van der Waals surface area contributed by atoms with Crippen LogP contribution in [-0.4, -0.2) is 25.9 Å². The second kappa shape index (κ2) is 5.74. The third-order valence-electron chi connectivity index (χ3n) is 3.20. The van der Waals surface area contributed by atoms with Crippen molar-refractivity contribution in [1.29, 1.82) is 5.26 Å². The predicted octanol–water partition coefficient (Wildman–Crippen LogP) is 2.55. The van der Waals surface area contributed by atoms with Gasteiger partial charge < -0.3 is 14.8 Å². The van der Waals surface area contributed by atoms with Crippen molar-refractivity contribution in [2.75, 3.05) is 19.0 Å². The second-order valence-corrected chi connectivity index (χ2v) is 4.41. The van der Waals surface area contributed by atoms with Gasteiger partial charge in [-0.15, -0.1) is 0 Å². The van der Waals surface area contributed by atoms with Crippen LogP contribution in [0.25, 0.3) is 0 Å². The van der Waals surface area contributed by atoms with Crippen molar-refractivity contribution in [3.05, 3.63) is 23.8 Å². The third-order valence-corrected chi connectivity index (χ3v) is 3.20. The van der Waals surface area contributed by atoms with Gasteiger partial charge in [-0.25, -0.2) is 0 Å². The summed E-state index contributed by atoms with van der Waals surface area (Å²) in [5.41, 5.74) is 1.49. The van der Waals surface area contributed by atoms with Gasteiger partial charge in [-0.1, -0.05) is 0 Å².